The van der Waals surface area contributed by atoms with Crippen LogP contribution < -0.4 is 19.4 Å². The molecule has 0 unspecified atom stereocenters. The van der Waals surface area contributed by atoms with E-state index in [-0.39, 0.29) is 4.90 Å². The molecule has 0 aliphatic rings. The van der Waals surface area contributed by atoms with Crippen molar-refractivity contribution < 1.29 is 17.9 Å². The number of halogens is 1. The summed E-state index contributed by atoms with van der Waals surface area (Å²) in [6.07, 6.45) is 1.50. The third kappa shape index (κ3) is 6.83. The van der Waals surface area contributed by atoms with Gasteiger partial charge in [-0.1, -0.05) is 24.3 Å². The van der Waals surface area contributed by atoms with E-state index in [1.807, 2.05) is 44.1 Å². The number of carbonyl (C=O) groups is 1. The van der Waals surface area contributed by atoms with E-state index in [0.29, 0.717) is 18.0 Å². The second kappa shape index (κ2) is 11.9. The van der Waals surface area contributed by atoms with Crippen molar-refractivity contribution in [2.75, 3.05) is 36.5 Å². The van der Waals surface area contributed by atoms with Gasteiger partial charge < -0.3 is 9.64 Å². The molecule has 0 saturated heterocycles. The van der Waals surface area contributed by atoms with E-state index in [2.05, 4.69) is 26.5 Å². The first kappa shape index (κ1) is 26.2. The van der Waals surface area contributed by atoms with E-state index >= 15 is 0 Å². The molecule has 0 aromatic heterocycles. The van der Waals surface area contributed by atoms with Crippen molar-refractivity contribution in [3.05, 3.63) is 82.8 Å². The molecule has 3 aromatic carbocycles. The lowest BCUT2D eigenvalue weighted by atomic mass is 10.2. The smallest absolute Gasteiger partial charge is 0.264 e. The third-order valence-electron chi connectivity index (χ3n) is 4.91. The molecule has 8 nitrogen and oxygen atoms in total. The molecule has 184 valence electrons. The van der Waals surface area contributed by atoms with Gasteiger partial charge in [0, 0.05) is 18.6 Å². The van der Waals surface area contributed by atoms with E-state index in [9.17, 15) is 13.2 Å². The molecule has 3 aromatic rings. The van der Waals surface area contributed by atoms with Crippen LogP contribution in [-0.2, 0) is 14.8 Å². The van der Waals surface area contributed by atoms with Gasteiger partial charge in [0.2, 0.25) is 0 Å². The molecule has 1 amide bonds. The van der Waals surface area contributed by atoms with Gasteiger partial charge in [0.1, 0.15) is 12.3 Å². The fraction of sp³-hybridized carbons (Fsp3) is 0.200. The van der Waals surface area contributed by atoms with Crippen LogP contribution in [0.1, 0.15) is 12.5 Å². The Morgan fingerprint density at radius 1 is 1.06 bits per heavy atom. The summed E-state index contributed by atoms with van der Waals surface area (Å²) >= 11 is 3.51. The van der Waals surface area contributed by atoms with Crippen molar-refractivity contribution in [1.82, 2.24) is 5.43 Å². The minimum absolute atomic E-state index is 0.0796. The number of sulfonamides is 1. The predicted octanol–water partition coefficient (Wildman–Crippen LogP) is 4.26. The molecule has 0 fully saturated rings. The van der Waals surface area contributed by atoms with Crippen LogP contribution in [-0.4, -0.2) is 47.8 Å². The zero-order chi connectivity index (χ0) is 25.4. The zero-order valence-corrected chi connectivity index (χ0v) is 22.1. The minimum atomic E-state index is -4.00. The number of benzene rings is 3. The number of anilines is 2. The van der Waals surface area contributed by atoms with Gasteiger partial charge >= 0.3 is 0 Å². The highest BCUT2D eigenvalue weighted by atomic mass is 79.9. The van der Waals surface area contributed by atoms with E-state index in [1.54, 1.807) is 42.5 Å². The van der Waals surface area contributed by atoms with Crippen molar-refractivity contribution >= 4 is 49.4 Å². The largest absolute Gasteiger partial charge is 0.494 e. The van der Waals surface area contributed by atoms with Crippen molar-refractivity contribution in [3.63, 3.8) is 0 Å². The van der Waals surface area contributed by atoms with Gasteiger partial charge in [0.05, 0.1) is 29.1 Å². The van der Waals surface area contributed by atoms with Crippen molar-refractivity contribution in [2.24, 2.45) is 5.10 Å². The Balaban J connectivity index is 1.80. The Morgan fingerprint density at radius 2 is 1.74 bits per heavy atom. The summed E-state index contributed by atoms with van der Waals surface area (Å²) in [6.45, 7) is 1.90. The number of nitrogens with one attached hydrogen (secondary N) is 1. The van der Waals surface area contributed by atoms with Gasteiger partial charge in [-0.05, 0) is 76.9 Å². The van der Waals surface area contributed by atoms with E-state index < -0.39 is 22.5 Å². The van der Waals surface area contributed by atoms with Crippen molar-refractivity contribution in [2.45, 2.75) is 11.8 Å². The van der Waals surface area contributed by atoms with Crippen molar-refractivity contribution in [1.29, 1.82) is 0 Å². The summed E-state index contributed by atoms with van der Waals surface area (Å²) < 4.78 is 34.1. The molecule has 0 bridgehead atoms. The summed E-state index contributed by atoms with van der Waals surface area (Å²) in [5.74, 6) is 0.0208. The predicted molar refractivity (Wildman–Crippen MR) is 143 cm³/mol. The molecule has 0 aliphatic carbocycles. The summed E-state index contributed by atoms with van der Waals surface area (Å²) in [6, 6.07) is 20.2. The highest BCUT2D eigenvalue weighted by molar-refractivity contribution is 9.10. The van der Waals surface area contributed by atoms with Crippen LogP contribution in [0.15, 0.2) is 87.3 Å². The van der Waals surface area contributed by atoms with E-state index in [1.165, 1.54) is 18.3 Å². The molecule has 0 aliphatic heterocycles. The Hall–Kier alpha value is -3.37. The minimum Gasteiger partial charge on any atom is -0.494 e. The molecule has 1 N–H and O–H groups in total. The van der Waals surface area contributed by atoms with E-state index in [4.69, 9.17) is 4.74 Å². The molecule has 0 radical (unpaired) electrons. The highest BCUT2D eigenvalue weighted by Crippen LogP contribution is 2.26. The van der Waals surface area contributed by atoms with Crippen molar-refractivity contribution in [3.8, 4) is 5.75 Å². The lowest BCUT2D eigenvalue weighted by Crippen LogP contribution is -2.39. The SMILES string of the molecule is CCOc1ccc(N(CC(=O)N/N=C\c2ccc(N(C)C)c(Br)c2)S(=O)(=O)c2ccccc2)cc1. The second-order valence-corrected chi connectivity index (χ2v) is 10.4. The lowest BCUT2D eigenvalue weighted by molar-refractivity contribution is -0.119. The molecular formula is C25H27BrN4O4S. The average molecular weight is 559 g/mol. The summed E-state index contributed by atoms with van der Waals surface area (Å²) in [5.41, 5.74) is 4.52. The van der Waals surface area contributed by atoms with Crippen LogP contribution >= 0.6 is 15.9 Å². The number of carbonyl (C=O) groups excluding carboxylic acids is 1. The Morgan fingerprint density at radius 3 is 2.34 bits per heavy atom. The van der Waals surface area contributed by atoms with Crippen LogP contribution in [0.5, 0.6) is 5.75 Å². The first-order valence-electron chi connectivity index (χ1n) is 10.8. The summed E-state index contributed by atoms with van der Waals surface area (Å²) in [4.78, 5) is 14.8. The molecular weight excluding hydrogens is 532 g/mol. The lowest BCUT2D eigenvalue weighted by Gasteiger charge is -2.24. The van der Waals surface area contributed by atoms with Crippen LogP contribution in [0, 0.1) is 0 Å². The third-order valence-corrected chi connectivity index (χ3v) is 7.33. The number of ether oxygens (including phenoxy) is 1. The number of hydrogen-bond acceptors (Lipinski definition) is 6. The van der Waals surface area contributed by atoms with Crippen LogP contribution in [0.3, 0.4) is 0 Å². The molecule has 10 heteroatoms. The molecule has 3 rings (SSSR count). The standard InChI is InChI=1S/C25H27BrN4O4S/c1-4-34-21-13-11-20(12-14-21)30(35(32,33)22-8-6-5-7-9-22)18-25(31)28-27-17-19-10-15-24(29(2)3)23(26)16-19/h5-17H,4,18H2,1-3H3,(H,28,31)/b27-17-. The fourth-order valence-electron chi connectivity index (χ4n) is 3.22. The first-order chi connectivity index (χ1) is 16.7. The van der Waals surface area contributed by atoms with Gasteiger partial charge in [0.15, 0.2) is 0 Å². The molecule has 0 atom stereocenters. The summed E-state index contributed by atoms with van der Waals surface area (Å²) in [7, 11) is -0.125. The summed E-state index contributed by atoms with van der Waals surface area (Å²) in [5, 5.41) is 4.00. The number of rotatable bonds is 10. The Kier molecular flexibility index (Phi) is 8.89. The molecule has 0 heterocycles. The normalized spacial score (nSPS) is 11.3. The van der Waals surface area contributed by atoms with Crippen LogP contribution in [0.4, 0.5) is 11.4 Å². The molecule has 0 saturated carbocycles. The highest BCUT2D eigenvalue weighted by Gasteiger charge is 2.27. The van der Waals surface area contributed by atoms with Gasteiger partial charge in [-0.3, -0.25) is 9.10 Å². The van der Waals surface area contributed by atoms with Crippen LogP contribution in [0.25, 0.3) is 0 Å². The molecule has 35 heavy (non-hydrogen) atoms. The van der Waals surface area contributed by atoms with Gasteiger partial charge in [-0.15, -0.1) is 0 Å². The Labute approximate surface area is 214 Å². The first-order valence-corrected chi connectivity index (χ1v) is 13.0. The Bertz CT molecular complexity index is 1280. The maximum atomic E-state index is 13.4. The average Bonchev–Trinajstić information content (AvgIpc) is 2.84. The topological polar surface area (TPSA) is 91.3 Å². The number of hydrazone groups is 1. The van der Waals surface area contributed by atoms with Gasteiger partial charge in [0.25, 0.3) is 15.9 Å². The van der Waals surface area contributed by atoms with E-state index in [0.717, 1.165) is 20.0 Å². The maximum absolute atomic E-state index is 13.4. The van der Waals surface area contributed by atoms with Gasteiger partial charge in [-0.25, -0.2) is 13.8 Å². The number of nitrogens with zero attached hydrogens (tertiary/aromatic N) is 3. The maximum Gasteiger partial charge on any atom is 0.264 e. The quantitative estimate of drug-likeness (QED) is 0.296. The fourth-order valence-corrected chi connectivity index (χ4v) is 5.41. The number of amides is 1. The van der Waals surface area contributed by atoms with Crippen LogP contribution in [0.2, 0.25) is 0 Å². The molecule has 0 spiro atoms. The zero-order valence-electron chi connectivity index (χ0n) is 19.7. The van der Waals surface area contributed by atoms with Gasteiger partial charge in [-0.2, -0.15) is 5.10 Å². The number of hydrogen-bond donors (Lipinski definition) is 1. The monoisotopic (exact) mass is 558 g/mol. The second-order valence-electron chi connectivity index (χ2n) is 7.65.